The lowest BCUT2D eigenvalue weighted by Gasteiger charge is -2.33. The SMILES string of the molecule is CCN(C(=O)C1CCC(C(F)(F)F)CN1)c1ccccc1. The van der Waals surface area contributed by atoms with Crippen LogP contribution in [0.4, 0.5) is 18.9 Å². The highest BCUT2D eigenvalue weighted by Crippen LogP contribution is 2.32. The van der Waals surface area contributed by atoms with Crippen molar-refractivity contribution in [2.75, 3.05) is 18.0 Å². The van der Waals surface area contributed by atoms with Crippen LogP contribution in [-0.4, -0.2) is 31.2 Å². The number of carbonyl (C=O) groups excluding carboxylic acids is 1. The minimum Gasteiger partial charge on any atom is -0.311 e. The van der Waals surface area contributed by atoms with E-state index in [0.29, 0.717) is 6.54 Å². The minimum absolute atomic E-state index is 0.000743. The molecule has 2 rings (SSSR count). The van der Waals surface area contributed by atoms with E-state index in [1.165, 1.54) is 0 Å². The van der Waals surface area contributed by atoms with Gasteiger partial charge in [0.05, 0.1) is 12.0 Å². The van der Waals surface area contributed by atoms with Gasteiger partial charge in [-0.1, -0.05) is 18.2 Å². The molecule has 0 aromatic heterocycles. The van der Waals surface area contributed by atoms with Gasteiger partial charge in [0.25, 0.3) is 0 Å². The van der Waals surface area contributed by atoms with Crippen LogP contribution in [0.2, 0.25) is 0 Å². The molecule has 0 radical (unpaired) electrons. The molecule has 1 aliphatic rings. The van der Waals surface area contributed by atoms with E-state index < -0.39 is 18.1 Å². The Labute approximate surface area is 122 Å². The number of para-hydroxylation sites is 1. The van der Waals surface area contributed by atoms with Crippen molar-refractivity contribution in [3.05, 3.63) is 30.3 Å². The average Bonchev–Trinajstić information content (AvgIpc) is 2.48. The van der Waals surface area contributed by atoms with E-state index in [4.69, 9.17) is 0 Å². The van der Waals surface area contributed by atoms with Gasteiger partial charge in [-0.05, 0) is 31.9 Å². The number of hydrogen-bond acceptors (Lipinski definition) is 2. The standard InChI is InChI=1S/C15H19F3N2O/c1-2-20(12-6-4-3-5-7-12)14(21)13-9-8-11(10-19-13)15(16,17)18/h3-7,11,13,19H,2,8-10H2,1H3. The third-order valence-corrected chi connectivity index (χ3v) is 3.83. The average molecular weight is 300 g/mol. The monoisotopic (exact) mass is 300 g/mol. The van der Waals surface area contributed by atoms with E-state index in [9.17, 15) is 18.0 Å². The van der Waals surface area contributed by atoms with E-state index >= 15 is 0 Å². The number of amides is 1. The van der Waals surface area contributed by atoms with Crippen molar-refractivity contribution in [3.63, 3.8) is 0 Å². The molecule has 0 spiro atoms. The number of hydrogen-bond donors (Lipinski definition) is 1. The predicted molar refractivity (Wildman–Crippen MR) is 75.0 cm³/mol. The van der Waals surface area contributed by atoms with Crippen LogP contribution in [0, 0.1) is 5.92 Å². The van der Waals surface area contributed by atoms with E-state index in [-0.39, 0.29) is 25.3 Å². The number of alkyl halides is 3. The van der Waals surface area contributed by atoms with Crippen LogP contribution in [0.15, 0.2) is 30.3 Å². The fourth-order valence-electron chi connectivity index (χ4n) is 2.61. The number of piperidine rings is 1. The van der Waals surface area contributed by atoms with Crippen molar-refractivity contribution >= 4 is 11.6 Å². The van der Waals surface area contributed by atoms with Gasteiger partial charge >= 0.3 is 6.18 Å². The highest BCUT2D eigenvalue weighted by Gasteiger charge is 2.42. The van der Waals surface area contributed by atoms with E-state index in [1.807, 2.05) is 37.3 Å². The summed E-state index contributed by atoms with van der Waals surface area (Å²) in [4.78, 5) is 14.1. The first-order valence-electron chi connectivity index (χ1n) is 7.10. The van der Waals surface area contributed by atoms with Gasteiger partial charge in [-0.25, -0.2) is 0 Å². The van der Waals surface area contributed by atoms with Gasteiger partial charge in [0.2, 0.25) is 5.91 Å². The van der Waals surface area contributed by atoms with Crippen LogP contribution in [0.5, 0.6) is 0 Å². The van der Waals surface area contributed by atoms with Gasteiger partial charge in [-0.2, -0.15) is 13.2 Å². The van der Waals surface area contributed by atoms with Gasteiger partial charge in [-0.15, -0.1) is 0 Å². The summed E-state index contributed by atoms with van der Waals surface area (Å²) in [5.41, 5.74) is 0.768. The number of carbonyl (C=O) groups is 1. The zero-order chi connectivity index (χ0) is 15.5. The molecule has 2 atom stereocenters. The van der Waals surface area contributed by atoms with Crippen molar-refractivity contribution in [1.29, 1.82) is 0 Å². The summed E-state index contributed by atoms with van der Waals surface area (Å²) >= 11 is 0. The van der Waals surface area contributed by atoms with Crippen LogP contribution in [0.1, 0.15) is 19.8 Å². The summed E-state index contributed by atoms with van der Waals surface area (Å²) in [6, 6.07) is 8.63. The highest BCUT2D eigenvalue weighted by molar-refractivity contribution is 5.97. The quantitative estimate of drug-likeness (QED) is 0.931. The fraction of sp³-hybridized carbons (Fsp3) is 0.533. The lowest BCUT2D eigenvalue weighted by molar-refractivity contribution is -0.180. The van der Waals surface area contributed by atoms with Crippen LogP contribution in [-0.2, 0) is 4.79 Å². The molecular weight excluding hydrogens is 281 g/mol. The first-order chi connectivity index (χ1) is 9.93. The predicted octanol–water partition coefficient (Wildman–Crippen LogP) is 2.97. The normalized spacial score (nSPS) is 22.9. The van der Waals surface area contributed by atoms with Crippen molar-refractivity contribution < 1.29 is 18.0 Å². The molecule has 1 aromatic carbocycles. The van der Waals surface area contributed by atoms with Gasteiger partial charge in [0.1, 0.15) is 0 Å². The lowest BCUT2D eigenvalue weighted by Crippen LogP contribution is -2.52. The number of likely N-dealkylation sites (N-methyl/N-ethyl adjacent to an activating group) is 1. The minimum atomic E-state index is -4.19. The molecule has 1 fully saturated rings. The molecule has 6 heteroatoms. The zero-order valence-corrected chi connectivity index (χ0v) is 11.9. The van der Waals surface area contributed by atoms with Crippen LogP contribution < -0.4 is 10.2 Å². The molecule has 0 saturated carbocycles. The van der Waals surface area contributed by atoms with Crippen LogP contribution >= 0.6 is 0 Å². The molecule has 1 aliphatic heterocycles. The number of nitrogens with one attached hydrogen (secondary N) is 1. The first-order valence-corrected chi connectivity index (χ1v) is 7.10. The summed E-state index contributed by atoms with van der Waals surface area (Å²) in [5.74, 6) is -1.52. The van der Waals surface area contributed by atoms with E-state index in [1.54, 1.807) is 4.90 Å². The number of rotatable bonds is 3. The highest BCUT2D eigenvalue weighted by atomic mass is 19.4. The molecule has 1 aromatic rings. The van der Waals surface area contributed by atoms with Crippen molar-refractivity contribution in [2.45, 2.75) is 32.0 Å². The second-order valence-corrected chi connectivity index (χ2v) is 5.19. The molecule has 0 bridgehead atoms. The fourth-order valence-corrected chi connectivity index (χ4v) is 2.61. The smallest absolute Gasteiger partial charge is 0.311 e. The third-order valence-electron chi connectivity index (χ3n) is 3.83. The molecule has 1 amide bonds. The number of anilines is 1. The maximum Gasteiger partial charge on any atom is 0.393 e. The summed E-state index contributed by atoms with van der Waals surface area (Å²) in [5, 5.41) is 2.75. The number of benzene rings is 1. The maximum atomic E-state index is 12.6. The topological polar surface area (TPSA) is 32.3 Å². The summed E-state index contributed by atoms with van der Waals surface area (Å²) < 4.78 is 37.9. The van der Waals surface area contributed by atoms with E-state index in [0.717, 1.165) is 5.69 Å². The lowest BCUT2D eigenvalue weighted by atomic mass is 9.93. The van der Waals surface area contributed by atoms with Crippen molar-refractivity contribution in [1.82, 2.24) is 5.32 Å². The molecule has 1 heterocycles. The van der Waals surface area contributed by atoms with E-state index in [2.05, 4.69) is 5.32 Å². The van der Waals surface area contributed by atoms with Gasteiger partial charge in [0.15, 0.2) is 0 Å². The summed E-state index contributed by atoms with van der Waals surface area (Å²) in [7, 11) is 0. The molecule has 21 heavy (non-hydrogen) atoms. The molecule has 1 saturated heterocycles. The van der Waals surface area contributed by atoms with Crippen LogP contribution in [0.25, 0.3) is 0 Å². The van der Waals surface area contributed by atoms with Gasteiger partial charge < -0.3 is 10.2 Å². The summed E-state index contributed by atoms with van der Waals surface area (Å²) in [6.45, 7) is 2.15. The molecule has 0 aliphatic carbocycles. The first kappa shape index (κ1) is 15.8. The van der Waals surface area contributed by atoms with Crippen molar-refractivity contribution in [3.8, 4) is 0 Å². The Morgan fingerprint density at radius 1 is 1.29 bits per heavy atom. The van der Waals surface area contributed by atoms with Gasteiger partial charge in [-0.3, -0.25) is 4.79 Å². The number of nitrogens with zero attached hydrogens (tertiary/aromatic N) is 1. The van der Waals surface area contributed by atoms with Crippen LogP contribution in [0.3, 0.4) is 0 Å². The second-order valence-electron chi connectivity index (χ2n) is 5.19. The maximum absolute atomic E-state index is 12.6. The van der Waals surface area contributed by atoms with Gasteiger partial charge in [0, 0.05) is 18.8 Å². The second kappa shape index (κ2) is 6.47. The Hall–Kier alpha value is -1.56. The molecule has 1 N–H and O–H groups in total. The Morgan fingerprint density at radius 2 is 1.95 bits per heavy atom. The third kappa shape index (κ3) is 3.75. The molecule has 3 nitrogen and oxygen atoms in total. The molecule has 116 valence electrons. The van der Waals surface area contributed by atoms with Crippen molar-refractivity contribution in [2.24, 2.45) is 5.92 Å². The Morgan fingerprint density at radius 3 is 2.43 bits per heavy atom. The molecule has 2 unspecified atom stereocenters. The molecular formula is C15H19F3N2O. The summed E-state index contributed by atoms with van der Waals surface area (Å²) in [6.07, 6.45) is -3.98. The Kier molecular flexibility index (Phi) is 4.88. The zero-order valence-electron chi connectivity index (χ0n) is 11.9. The Balaban J connectivity index is 2.01. The largest absolute Gasteiger partial charge is 0.393 e. The number of halogens is 3. The Bertz CT molecular complexity index is 468.